The van der Waals surface area contributed by atoms with Crippen LogP contribution in [0.4, 0.5) is 16.3 Å². The number of amides is 3. The standard InChI is InChI=1S/C24H28N6O3/c25-22-7-3-18-14-29(15-21(18)27-22)24(32)26-19-4-1-17(2-5-19)20-6-8-23(31)30(28-20)13-16-9-11-33-12-10-16/h1-5,7,16H,6,8-15H2,(H2,25,27)(H,26,32). The van der Waals surface area contributed by atoms with Crippen molar-refractivity contribution in [3.05, 3.63) is 53.2 Å². The largest absolute Gasteiger partial charge is 0.384 e. The Hall–Kier alpha value is -3.46. The highest BCUT2D eigenvalue weighted by Crippen LogP contribution is 2.24. The monoisotopic (exact) mass is 448 g/mol. The van der Waals surface area contributed by atoms with Gasteiger partial charge in [-0.05, 0) is 48.1 Å². The molecule has 1 aromatic heterocycles. The number of pyridine rings is 1. The van der Waals surface area contributed by atoms with E-state index in [0.29, 0.717) is 49.9 Å². The molecule has 4 heterocycles. The predicted molar refractivity (Wildman–Crippen MR) is 124 cm³/mol. The van der Waals surface area contributed by atoms with Gasteiger partial charge in [-0.2, -0.15) is 5.10 Å². The van der Waals surface area contributed by atoms with E-state index in [0.717, 1.165) is 48.6 Å². The molecule has 1 saturated heterocycles. The molecule has 3 N–H and O–H groups in total. The number of nitrogens with one attached hydrogen (secondary N) is 1. The molecule has 0 bridgehead atoms. The maximum absolute atomic E-state index is 12.7. The van der Waals surface area contributed by atoms with Gasteiger partial charge in [0, 0.05) is 44.8 Å². The highest BCUT2D eigenvalue weighted by atomic mass is 16.5. The number of hydrogen-bond donors (Lipinski definition) is 2. The van der Waals surface area contributed by atoms with E-state index in [4.69, 9.17) is 10.5 Å². The fourth-order valence-corrected chi connectivity index (χ4v) is 4.49. The number of nitrogens with zero attached hydrogens (tertiary/aromatic N) is 4. The highest BCUT2D eigenvalue weighted by Gasteiger charge is 2.26. The zero-order valence-electron chi connectivity index (χ0n) is 18.5. The molecule has 0 unspecified atom stereocenters. The van der Waals surface area contributed by atoms with E-state index in [1.54, 1.807) is 16.0 Å². The summed E-state index contributed by atoms with van der Waals surface area (Å²) in [5.41, 5.74) is 10.2. The molecule has 9 heteroatoms. The summed E-state index contributed by atoms with van der Waals surface area (Å²) >= 11 is 0. The topological polar surface area (TPSA) is 113 Å². The van der Waals surface area contributed by atoms with Crippen LogP contribution >= 0.6 is 0 Å². The lowest BCUT2D eigenvalue weighted by Crippen LogP contribution is -2.37. The quantitative estimate of drug-likeness (QED) is 0.747. The van der Waals surface area contributed by atoms with Crippen LogP contribution in [0.1, 0.15) is 42.5 Å². The maximum atomic E-state index is 12.7. The van der Waals surface area contributed by atoms with Gasteiger partial charge in [-0.15, -0.1) is 0 Å². The Kier molecular flexibility index (Phi) is 5.95. The minimum absolute atomic E-state index is 0.0805. The number of carbonyl (C=O) groups excluding carboxylic acids is 2. The Morgan fingerprint density at radius 2 is 1.88 bits per heavy atom. The third-order valence-electron chi connectivity index (χ3n) is 6.43. The fraction of sp³-hybridized carbons (Fsp3) is 0.417. The van der Waals surface area contributed by atoms with Gasteiger partial charge in [-0.25, -0.2) is 14.8 Å². The first kappa shape index (κ1) is 21.4. The van der Waals surface area contributed by atoms with Crippen LogP contribution in [-0.4, -0.2) is 52.3 Å². The number of rotatable bonds is 4. The van der Waals surface area contributed by atoms with Gasteiger partial charge in [0.05, 0.1) is 18.0 Å². The second-order valence-corrected chi connectivity index (χ2v) is 8.78. The van der Waals surface area contributed by atoms with Crippen molar-refractivity contribution in [2.24, 2.45) is 11.0 Å². The molecule has 2 aromatic rings. The molecule has 3 aliphatic heterocycles. The van der Waals surface area contributed by atoms with Crippen molar-refractivity contribution in [1.82, 2.24) is 14.9 Å². The lowest BCUT2D eigenvalue weighted by atomic mass is 9.99. The molecule has 172 valence electrons. The van der Waals surface area contributed by atoms with Crippen LogP contribution < -0.4 is 11.1 Å². The van der Waals surface area contributed by atoms with E-state index < -0.39 is 0 Å². The molecular weight excluding hydrogens is 420 g/mol. The molecular formula is C24H28N6O3. The Morgan fingerprint density at radius 1 is 1.09 bits per heavy atom. The van der Waals surface area contributed by atoms with Gasteiger partial charge in [-0.1, -0.05) is 18.2 Å². The summed E-state index contributed by atoms with van der Waals surface area (Å²) < 4.78 is 5.42. The third-order valence-corrected chi connectivity index (χ3v) is 6.43. The summed E-state index contributed by atoms with van der Waals surface area (Å²) in [6, 6.07) is 11.1. The van der Waals surface area contributed by atoms with E-state index >= 15 is 0 Å². The summed E-state index contributed by atoms with van der Waals surface area (Å²) in [6.07, 6.45) is 3.02. The van der Waals surface area contributed by atoms with Gasteiger partial charge in [0.1, 0.15) is 5.82 Å². The number of nitrogen functional groups attached to an aromatic ring is 1. The summed E-state index contributed by atoms with van der Waals surface area (Å²) in [7, 11) is 0. The number of benzene rings is 1. The Morgan fingerprint density at radius 3 is 2.67 bits per heavy atom. The van der Waals surface area contributed by atoms with Crippen LogP contribution in [0.15, 0.2) is 41.5 Å². The number of carbonyl (C=O) groups is 2. The van der Waals surface area contributed by atoms with Gasteiger partial charge >= 0.3 is 6.03 Å². The van der Waals surface area contributed by atoms with Crippen molar-refractivity contribution < 1.29 is 14.3 Å². The van der Waals surface area contributed by atoms with E-state index in [2.05, 4.69) is 15.4 Å². The van der Waals surface area contributed by atoms with E-state index in [-0.39, 0.29) is 11.9 Å². The van der Waals surface area contributed by atoms with Gasteiger partial charge in [-0.3, -0.25) is 4.79 Å². The van der Waals surface area contributed by atoms with Crippen molar-refractivity contribution in [2.45, 2.75) is 38.8 Å². The number of hydrogen-bond acceptors (Lipinski definition) is 6. The van der Waals surface area contributed by atoms with Crippen molar-refractivity contribution >= 4 is 29.2 Å². The molecule has 9 nitrogen and oxygen atoms in total. The van der Waals surface area contributed by atoms with Crippen molar-refractivity contribution in [1.29, 1.82) is 0 Å². The van der Waals surface area contributed by atoms with Gasteiger partial charge < -0.3 is 20.7 Å². The zero-order chi connectivity index (χ0) is 22.8. The molecule has 1 aromatic carbocycles. The van der Waals surface area contributed by atoms with Crippen molar-refractivity contribution in [3.63, 3.8) is 0 Å². The second-order valence-electron chi connectivity index (χ2n) is 8.78. The Labute approximate surface area is 192 Å². The fourth-order valence-electron chi connectivity index (χ4n) is 4.49. The molecule has 0 atom stereocenters. The Bertz CT molecular complexity index is 1080. The molecule has 3 amide bonds. The third kappa shape index (κ3) is 4.83. The molecule has 3 aliphatic rings. The first-order chi connectivity index (χ1) is 16.0. The zero-order valence-corrected chi connectivity index (χ0v) is 18.5. The molecule has 5 rings (SSSR count). The smallest absolute Gasteiger partial charge is 0.322 e. The van der Waals surface area contributed by atoms with Crippen LogP contribution in [-0.2, 0) is 22.6 Å². The lowest BCUT2D eigenvalue weighted by Gasteiger charge is -2.29. The number of nitrogens with two attached hydrogens (primary N) is 1. The molecule has 33 heavy (non-hydrogen) atoms. The lowest BCUT2D eigenvalue weighted by molar-refractivity contribution is -0.132. The van der Waals surface area contributed by atoms with E-state index in [1.807, 2.05) is 30.3 Å². The molecule has 1 fully saturated rings. The number of fused-ring (bicyclic) bond motifs is 1. The van der Waals surface area contributed by atoms with Crippen molar-refractivity contribution in [3.8, 4) is 0 Å². The summed E-state index contributed by atoms with van der Waals surface area (Å²) in [5, 5.41) is 9.24. The van der Waals surface area contributed by atoms with E-state index in [9.17, 15) is 9.59 Å². The summed E-state index contributed by atoms with van der Waals surface area (Å²) in [6.45, 7) is 3.12. The Balaban J connectivity index is 1.21. The van der Waals surface area contributed by atoms with Crippen LogP contribution in [0.5, 0.6) is 0 Å². The molecule has 0 saturated carbocycles. The molecule has 0 radical (unpaired) electrons. The number of urea groups is 1. The van der Waals surface area contributed by atoms with Crippen LogP contribution in [0.3, 0.4) is 0 Å². The van der Waals surface area contributed by atoms with Gasteiger partial charge in [0.2, 0.25) is 5.91 Å². The van der Waals surface area contributed by atoms with Gasteiger partial charge in [0.25, 0.3) is 0 Å². The SMILES string of the molecule is Nc1ccc2c(n1)CN(C(=O)Nc1ccc(C3=NN(CC4CCOCC4)C(=O)CC3)cc1)C2. The normalized spacial score (nSPS) is 18.8. The maximum Gasteiger partial charge on any atom is 0.322 e. The number of aromatic nitrogens is 1. The molecule has 0 aliphatic carbocycles. The van der Waals surface area contributed by atoms with Gasteiger partial charge in [0.15, 0.2) is 0 Å². The summed E-state index contributed by atoms with van der Waals surface area (Å²) in [5.74, 6) is 0.981. The summed E-state index contributed by atoms with van der Waals surface area (Å²) in [4.78, 5) is 31.1. The highest BCUT2D eigenvalue weighted by molar-refractivity contribution is 6.04. The van der Waals surface area contributed by atoms with Crippen LogP contribution in [0.25, 0.3) is 0 Å². The average Bonchev–Trinajstić information content (AvgIpc) is 3.25. The predicted octanol–water partition coefficient (Wildman–Crippen LogP) is 2.96. The number of hydrazone groups is 1. The minimum Gasteiger partial charge on any atom is -0.384 e. The first-order valence-electron chi connectivity index (χ1n) is 11.4. The minimum atomic E-state index is -0.178. The van der Waals surface area contributed by atoms with Crippen molar-refractivity contribution in [2.75, 3.05) is 30.8 Å². The van der Waals surface area contributed by atoms with Crippen LogP contribution in [0, 0.1) is 5.92 Å². The van der Waals surface area contributed by atoms with E-state index in [1.165, 1.54) is 0 Å². The average molecular weight is 449 g/mol. The number of ether oxygens (including phenoxy) is 1. The first-order valence-corrected chi connectivity index (χ1v) is 11.4. The molecule has 0 spiro atoms. The number of anilines is 2. The van der Waals surface area contributed by atoms with Crippen LogP contribution in [0.2, 0.25) is 0 Å². The second kappa shape index (κ2) is 9.19.